The van der Waals surface area contributed by atoms with Crippen LogP contribution >= 0.6 is 23.2 Å². The molecule has 1 aliphatic heterocycles. The van der Waals surface area contributed by atoms with Gasteiger partial charge in [-0.15, -0.1) is 6.58 Å². The number of nitrogens with zero attached hydrogens (tertiary/aromatic N) is 1. The highest BCUT2D eigenvalue weighted by atomic mass is 35.5. The largest absolute Gasteiger partial charge is 0.394 e. The summed E-state index contributed by atoms with van der Waals surface area (Å²) >= 11 is 11.5. The molecule has 0 spiro atoms. The summed E-state index contributed by atoms with van der Waals surface area (Å²) in [6, 6.07) is 17.2. The standard InChI is InChI=1S/C19H24ClNO2.C6H5Cl/c1-2-3-15-8-11-17(13-6-9-16(20)10-7-13)21(19(15)23)18(12-22)14-4-5-14;7-6-4-2-1-3-5-6/h2,6-7,9-10,14-15,17-18,22H,1,3-5,8,11-12H2;1-5H. The van der Waals surface area contributed by atoms with Gasteiger partial charge < -0.3 is 10.0 Å². The number of hydrogen-bond acceptors (Lipinski definition) is 2. The predicted molar refractivity (Wildman–Crippen MR) is 124 cm³/mol. The molecule has 1 saturated heterocycles. The smallest absolute Gasteiger partial charge is 0.226 e. The fourth-order valence-corrected chi connectivity index (χ4v) is 4.44. The monoisotopic (exact) mass is 445 g/mol. The molecule has 0 aromatic heterocycles. The number of carbonyl (C=O) groups is 1. The van der Waals surface area contributed by atoms with Crippen LogP contribution in [0.4, 0.5) is 0 Å². The van der Waals surface area contributed by atoms with Crippen LogP contribution in [0, 0.1) is 11.8 Å². The van der Waals surface area contributed by atoms with E-state index in [1.807, 2.05) is 65.6 Å². The van der Waals surface area contributed by atoms with Crippen molar-refractivity contribution in [2.75, 3.05) is 6.61 Å². The Kier molecular flexibility index (Phi) is 8.38. The number of likely N-dealkylation sites (tertiary alicyclic amines) is 1. The summed E-state index contributed by atoms with van der Waals surface area (Å²) in [4.78, 5) is 15.0. The Balaban J connectivity index is 0.000000310. The fourth-order valence-electron chi connectivity index (χ4n) is 4.17. The van der Waals surface area contributed by atoms with Gasteiger partial charge in [-0.2, -0.15) is 0 Å². The molecule has 3 atom stereocenters. The first kappa shape index (κ1) is 22.9. The Morgan fingerprint density at radius 2 is 1.63 bits per heavy atom. The number of benzene rings is 2. The summed E-state index contributed by atoms with van der Waals surface area (Å²) in [5.41, 5.74) is 1.11. The number of aliphatic hydroxyl groups is 1. The highest BCUT2D eigenvalue weighted by molar-refractivity contribution is 6.30. The SMILES string of the molecule is C=CCC1CCC(c2ccc(Cl)cc2)N(C(CO)C2CC2)C1=O.Clc1ccccc1. The van der Waals surface area contributed by atoms with E-state index < -0.39 is 0 Å². The van der Waals surface area contributed by atoms with Crippen LogP contribution in [0.1, 0.15) is 43.7 Å². The van der Waals surface area contributed by atoms with Crippen LogP contribution in [0.3, 0.4) is 0 Å². The molecule has 160 valence electrons. The van der Waals surface area contributed by atoms with E-state index in [2.05, 4.69) is 6.58 Å². The maximum Gasteiger partial charge on any atom is 0.226 e. The van der Waals surface area contributed by atoms with Gasteiger partial charge in [0.1, 0.15) is 0 Å². The average molecular weight is 446 g/mol. The van der Waals surface area contributed by atoms with Crippen molar-refractivity contribution in [3.05, 3.63) is 82.9 Å². The van der Waals surface area contributed by atoms with Crippen molar-refractivity contribution < 1.29 is 9.90 Å². The lowest BCUT2D eigenvalue weighted by atomic mass is 9.85. The van der Waals surface area contributed by atoms with Crippen molar-refractivity contribution in [1.82, 2.24) is 4.90 Å². The van der Waals surface area contributed by atoms with Gasteiger partial charge in [0.15, 0.2) is 0 Å². The number of halogens is 2. The second kappa shape index (κ2) is 11.0. The van der Waals surface area contributed by atoms with Gasteiger partial charge in [-0.1, -0.05) is 59.6 Å². The van der Waals surface area contributed by atoms with Crippen LogP contribution < -0.4 is 0 Å². The lowest BCUT2D eigenvalue weighted by molar-refractivity contribution is -0.147. The summed E-state index contributed by atoms with van der Waals surface area (Å²) in [5.74, 6) is 0.618. The van der Waals surface area contributed by atoms with Gasteiger partial charge in [-0.3, -0.25) is 4.79 Å². The number of rotatable bonds is 6. The van der Waals surface area contributed by atoms with Crippen molar-refractivity contribution in [2.24, 2.45) is 11.8 Å². The molecule has 2 aromatic carbocycles. The molecular weight excluding hydrogens is 417 g/mol. The minimum atomic E-state index is -0.0595. The van der Waals surface area contributed by atoms with Gasteiger partial charge in [-0.05, 0) is 67.9 Å². The van der Waals surface area contributed by atoms with Gasteiger partial charge >= 0.3 is 0 Å². The number of carbonyl (C=O) groups excluding carboxylic acids is 1. The number of amides is 1. The quantitative estimate of drug-likeness (QED) is 0.529. The average Bonchev–Trinajstić information content (AvgIpc) is 3.58. The number of piperidine rings is 1. The van der Waals surface area contributed by atoms with Crippen LogP contribution in [-0.2, 0) is 4.79 Å². The van der Waals surface area contributed by atoms with Crippen LogP contribution in [0.25, 0.3) is 0 Å². The second-order valence-corrected chi connectivity index (χ2v) is 8.87. The van der Waals surface area contributed by atoms with E-state index in [0.29, 0.717) is 17.4 Å². The van der Waals surface area contributed by atoms with Crippen LogP contribution in [0.2, 0.25) is 10.0 Å². The topological polar surface area (TPSA) is 40.5 Å². The Morgan fingerprint density at radius 3 is 2.13 bits per heavy atom. The van der Waals surface area contributed by atoms with Crippen LogP contribution in [0.15, 0.2) is 67.3 Å². The molecule has 3 unspecified atom stereocenters. The van der Waals surface area contributed by atoms with Crippen molar-refractivity contribution in [1.29, 1.82) is 0 Å². The molecule has 2 fully saturated rings. The molecule has 1 N–H and O–H groups in total. The first-order valence-corrected chi connectivity index (χ1v) is 11.3. The molecule has 3 nitrogen and oxygen atoms in total. The molecule has 2 aliphatic rings. The molecule has 0 bridgehead atoms. The van der Waals surface area contributed by atoms with Crippen molar-refractivity contribution in [3.63, 3.8) is 0 Å². The van der Waals surface area contributed by atoms with Crippen molar-refractivity contribution in [3.8, 4) is 0 Å². The Morgan fingerprint density at radius 1 is 1.00 bits per heavy atom. The fraction of sp³-hybridized carbons (Fsp3) is 0.400. The van der Waals surface area contributed by atoms with E-state index in [9.17, 15) is 9.90 Å². The van der Waals surface area contributed by atoms with E-state index in [1.54, 1.807) is 0 Å². The molecule has 0 radical (unpaired) electrons. The summed E-state index contributed by atoms with van der Waals surface area (Å²) < 4.78 is 0. The van der Waals surface area contributed by atoms with Crippen molar-refractivity contribution in [2.45, 2.75) is 44.2 Å². The van der Waals surface area contributed by atoms with Crippen LogP contribution in [-0.4, -0.2) is 28.6 Å². The summed E-state index contributed by atoms with van der Waals surface area (Å²) in [6.45, 7) is 3.82. The van der Waals surface area contributed by atoms with E-state index in [1.165, 1.54) is 0 Å². The Bertz CT molecular complexity index is 821. The summed E-state index contributed by atoms with van der Waals surface area (Å²) in [5, 5.41) is 11.4. The predicted octanol–water partition coefficient (Wildman–Crippen LogP) is 6.31. The molecular formula is C25H29Cl2NO2. The van der Waals surface area contributed by atoms with Gasteiger partial charge in [0.25, 0.3) is 0 Å². The third kappa shape index (κ3) is 5.87. The molecule has 1 saturated carbocycles. The first-order chi connectivity index (χ1) is 14.5. The van der Waals surface area contributed by atoms with E-state index in [4.69, 9.17) is 23.2 Å². The summed E-state index contributed by atoms with van der Waals surface area (Å²) in [7, 11) is 0. The highest BCUT2D eigenvalue weighted by Crippen LogP contribution is 2.43. The molecule has 1 amide bonds. The third-order valence-corrected chi connectivity index (χ3v) is 6.38. The third-order valence-electron chi connectivity index (χ3n) is 5.88. The molecule has 1 aliphatic carbocycles. The minimum Gasteiger partial charge on any atom is -0.394 e. The highest BCUT2D eigenvalue weighted by Gasteiger charge is 2.44. The molecule has 1 heterocycles. The zero-order chi connectivity index (χ0) is 21.5. The van der Waals surface area contributed by atoms with Crippen molar-refractivity contribution >= 4 is 29.1 Å². The van der Waals surface area contributed by atoms with E-state index >= 15 is 0 Å². The number of hydrogen-bond donors (Lipinski definition) is 1. The summed E-state index contributed by atoms with van der Waals surface area (Å²) in [6.07, 6.45) is 6.55. The lowest BCUT2D eigenvalue weighted by Gasteiger charge is -2.44. The normalized spacial score (nSPS) is 22.1. The maximum atomic E-state index is 13.0. The molecule has 30 heavy (non-hydrogen) atoms. The minimum absolute atomic E-state index is 0.00357. The number of allylic oxidation sites excluding steroid dienone is 1. The Labute approximate surface area is 189 Å². The lowest BCUT2D eigenvalue weighted by Crippen LogP contribution is -2.51. The molecule has 5 heteroatoms. The van der Waals surface area contributed by atoms with Gasteiger partial charge in [-0.25, -0.2) is 0 Å². The van der Waals surface area contributed by atoms with E-state index in [0.717, 1.165) is 36.3 Å². The van der Waals surface area contributed by atoms with Gasteiger partial charge in [0.2, 0.25) is 5.91 Å². The number of aliphatic hydroxyl groups excluding tert-OH is 1. The zero-order valence-corrected chi connectivity index (χ0v) is 18.6. The first-order valence-electron chi connectivity index (χ1n) is 10.5. The zero-order valence-electron chi connectivity index (χ0n) is 17.1. The second-order valence-electron chi connectivity index (χ2n) is 7.99. The molecule has 4 rings (SSSR count). The van der Waals surface area contributed by atoms with Gasteiger partial charge in [0.05, 0.1) is 18.7 Å². The van der Waals surface area contributed by atoms with E-state index in [-0.39, 0.29) is 30.5 Å². The maximum absolute atomic E-state index is 13.0. The molecule has 2 aromatic rings. The van der Waals surface area contributed by atoms with Gasteiger partial charge in [0, 0.05) is 16.0 Å². The Hall–Kier alpha value is -1.81. The van der Waals surface area contributed by atoms with Crippen LogP contribution in [0.5, 0.6) is 0 Å².